The Balaban J connectivity index is 1.90. The van der Waals surface area contributed by atoms with Crippen molar-refractivity contribution in [3.63, 3.8) is 0 Å². The van der Waals surface area contributed by atoms with Crippen LogP contribution in [0.4, 0.5) is 0 Å². The van der Waals surface area contributed by atoms with Gasteiger partial charge in [-0.1, -0.05) is 6.92 Å². The van der Waals surface area contributed by atoms with Crippen LogP contribution in [0.25, 0.3) is 11.3 Å². The van der Waals surface area contributed by atoms with Crippen LogP contribution in [0.5, 0.6) is 11.5 Å². The zero-order valence-electron chi connectivity index (χ0n) is 11.6. The van der Waals surface area contributed by atoms with Gasteiger partial charge in [-0.05, 0) is 24.6 Å². The van der Waals surface area contributed by atoms with E-state index in [2.05, 4.69) is 9.97 Å². The van der Waals surface area contributed by atoms with E-state index in [4.69, 9.17) is 15.2 Å². The minimum absolute atomic E-state index is 0.0517. The van der Waals surface area contributed by atoms with Crippen LogP contribution in [0.1, 0.15) is 31.6 Å². The van der Waals surface area contributed by atoms with Gasteiger partial charge in [-0.25, -0.2) is 4.98 Å². The van der Waals surface area contributed by atoms with Crippen LogP contribution in [0.3, 0.4) is 0 Å². The lowest BCUT2D eigenvalue weighted by atomic mass is 10.1. The van der Waals surface area contributed by atoms with Gasteiger partial charge in [0.1, 0.15) is 5.82 Å². The quantitative estimate of drug-likeness (QED) is 0.901. The van der Waals surface area contributed by atoms with E-state index in [-0.39, 0.29) is 6.04 Å². The number of aromatic amines is 1. The first-order valence-corrected chi connectivity index (χ1v) is 6.98. The molecular weight excluding hydrogens is 254 g/mol. The Morgan fingerprint density at radius 1 is 1.30 bits per heavy atom. The molecule has 1 aromatic carbocycles. The van der Waals surface area contributed by atoms with E-state index in [9.17, 15) is 0 Å². The summed E-state index contributed by atoms with van der Waals surface area (Å²) in [6, 6.07) is 5.87. The molecule has 1 unspecified atom stereocenters. The molecular formula is C15H19N3O2. The molecule has 5 nitrogen and oxygen atoms in total. The molecule has 1 aromatic heterocycles. The summed E-state index contributed by atoms with van der Waals surface area (Å²) < 4.78 is 11.3. The van der Waals surface area contributed by atoms with Crippen LogP contribution >= 0.6 is 0 Å². The van der Waals surface area contributed by atoms with E-state index < -0.39 is 0 Å². The molecule has 3 N–H and O–H groups in total. The smallest absolute Gasteiger partial charge is 0.161 e. The monoisotopic (exact) mass is 273 g/mol. The van der Waals surface area contributed by atoms with E-state index >= 15 is 0 Å². The fourth-order valence-electron chi connectivity index (χ4n) is 2.20. The minimum Gasteiger partial charge on any atom is -0.490 e. The summed E-state index contributed by atoms with van der Waals surface area (Å²) in [7, 11) is 0. The number of hydrogen-bond donors (Lipinski definition) is 2. The average molecular weight is 273 g/mol. The molecule has 5 heteroatoms. The van der Waals surface area contributed by atoms with Crippen LogP contribution in [0.15, 0.2) is 24.4 Å². The summed E-state index contributed by atoms with van der Waals surface area (Å²) in [5.41, 5.74) is 7.95. The maximum Gasteiger partial charge on any atom is 0.161 e. The average Bonchev–Trinajstić information content (AvgIpc) is 2.85. The summed E-state index contributed by atoms with van der Waals surface area (Å²) in [6.07, 6.45) is 3.57. The predicted molar refractivity (Wildman–Crippen MR) is 76.9 cm³/mol. The second-order valence-electron chi connectivity index (χ2n) is 4.91. The van der Waals surface area contributed by atoms with Gasteiger partial charge in [0.05, 0.1) is 31.1 Å². The third kappa shape index (κ3) is 2.49. The number of ether oxygens (including phenoxy) is 2. The highest BCUT2D eigenvalue weighted by Gasteiger charge is 2.13. The SMILES string of the molecule is CCC(N)c1ncc(-c2ccc3c(c2)OCCCO3)[nH]1. The number of nitrogens with two attached hydrogens (primary N) is 1. The van der Waals surface area contributed by atoms with Gasteiger partial charge < -0.3 is 20.2 Å². The number of fused-ring (bicyclic) bond motifs is 1. The van der Waals surface area contributed by atoms with Gasteiger partial charge in [0.15, 0.2) is 11.5 Å². The van der Waals surface area contributed by atoms with Gasteiger partial charge in [0.2, 0.25) is 0 Å². The van der Waals surface area contributed by atoms with Gasteiger partial charge in [0, 0.05) is 12.0 Å². The maximum atomic E-state index is 5.98. The lowest BCUT2D eigenvalue weighted by molar-refractivity contribution is 0.297. The molecule has 20 heavy (non-hydrogen) atoms. The lowest BCUT2D eigenvalue weighted by Crippen LogP contribution is -2.10. The van der Waals surface area contributed by atoms with Crippen LogP contribution in [0.2, 0.25) is 0 Å². The highest BCUT2D eigenvalue weighted by atomic mass is 16.5. The molecule has 1 atom stereocenters. The Morgan fingerprint density at radius 2 is 2.10 bits per heavy atom. The molecule has 0 saturated carbocycles. The Morgan fingerprint density at radius 3 is 2.90 bits per heavy atom. The molecule has 0 fully saturated rings. The predicted octanol–water partition coefficient (Wildman–Crippen LogP) is 2.65. The zero-order chi connectivity index (χ0) is 13.9. The Hall–Kier alpha value is -2.01. The van der Waals surface area contributed by atoms with Crippen LogP contribution in [-0.4, -0.2) is 23.2 Å². The first kappa shape index (κ1) is 13.0. The molecule has 106 valence electrons. The molecule has 0 saturated heterocycles. The number of rotatable bonds is 3. The van der Waals surface area contributed by atoms with Crippen LogP contribution < -0.4 is 15.2 Å². The summed E-state index contributed by atoms with van der Waals surface area (Å²) in [5.74, 6) is 2.40. The van der Waals surface area contributed by atoms with Crippen molar-refractivity contribution < 1.29 is 9.47 Å². The molecule has 1 aliphatic heterocycles. The molecule has 0 amide bonds. The van der Waals surface area contributed by atoms with E-state index in [1.54, 1.807) is 0 Å². The Kier molecular flexibility index (Phi) is 3.60. The molecule has 0 spiro atoms. The third-order valence-corrected chi connectivity index (χ3v) is 3.45. The van der Waals surface area contributed by atoms with Crippen molar-refractivity contribution >= 4 is 0 Å². The molecule has 3 rings (SSSR count). The van der Waals surface area contributed by atoms with Gasteiger partial charge in [0.25, 0.3) is 0 Å². The highest BCUT2D eigenvalue weighted by Crippen LogP contribution is 2.33. The molecule has 1 aliphatic rings. The van der Waals surface area contributed by atoms with Gasteiger partial charge in [-0.2, -0.15) is 0 Å². The van der Waals surface area contributed by atoms with Gasteiger partial charge in [-0.3, -0.25) is 0 Å². The van der Waals surface area contributed by atoms with E-state index in [0.717, 1.165) is 41.4 Å². The fraction of sp³-hybridized carbons (Fsp3) is 0.400. The van der Waals surface area contributed by atoms with E-state index in [1.807, 2.05) is 31.3 Å². The van der Waals surface area contributed by atoms with Crippen molar-refractivity contribution in [1.82, 2.24) is 9.97 Å². The zero-order valence-corrected chi connectivity index (χ0v) is 11.6. The van der Waals surface area contributed by atoms with Crippen molar-refractivity contribution in [2.45, 2.75) is 25.8 Å². The number of nitrogens with zero attached hydrogens (tertiary/aromatic N) is 1. The summed E-state index contributed by atoms with van der Waals surface area (Å²) in [5, 5.41) is 0. The summed E-state index contributed by atoms with van der Waals surface area (Å²) in [6.45, 7) is 3.43. The molecule has 0 bridgehead atoms. The number of aromatic nitrogens is 2. The van der Waals surface area contributed by atoms with E-state index in [0.29, 0.717) is 13.2 Å². The topological polar surface area (TPSA) is 73.2 Å². The molecule has 2 heterocycles. The number of imidazole rings is 1. The highest BCUT2D eigenvalue weighted by molar-refractivity contribution is 5.63. The normalized spacial score (nSPS) is 15.7. The van der Waals surface area contributed by atoms with Crippen molar-refractivity contribution in [2.24, 2.45) is 5.73 Å². The Bertz CT molecular complexity index is 595. The molecule has 0 radical (unpaired) electrons. The van der Waals surface area contributed by atoms with Crippen molar-refractivity contribution in [3.8, 4) is 22.8 Å². The van der Waals surface area contributed by atoms with Gasteiger partial charge >= 0.3 is 0 Å². The summed E-state index contributed by atoms with van der Waals surface area (Å²) >= 11 is 0. The largest absolute Gasteiger partial charge is 0.490 e. The fourth-order valence-corrected chi connectivity index (χ4v) is 2.20. The number of nitrogens with one attached hydrogen (secondary N) is 1. The van der Waals surface area contributed by atoms with Crippen molar-refractivity contribution in [3.05, 3.63) is 30.2 Å². The summed E-state index contributed by atoms with van der Waals surface area (Å²) in [4.78, 5) is 7.61. The number of hydrogen-bond acceptors (Lipinski definition) is 4. The third-order valence-electron chi connectivity index (χ3n) is 3.45. The van der Waals surface area contributed by atoms with Crippen LogP contribution in [-0.2, 0) is 0 Å². The molecule has 0 aliphatic carbocycles. The first-order valence-electron chi connectivity index (χ1n) is 6.98. The van der Waals surface area contributed by atoms with Crippen molar-refractivity contribution in [1.29, 1.82) is 0 Å². The second-order valence-corrected chi connectivity index (χ2v) is 4.91. The van der Waals surface area contributed by atoms with E-state index in [1.165, 1.54) is 0 Å². The lowest BCUT2D eigenvalue weighted by Gasteiger charge is -2.08. The number of H-pyrrole nitrogens is 1. The minimum atomic E-state index is -0.0517. The van der Waals surface area contributed by atoms with Gasteiger partial charge in [-0.15, -0.1) is 0 Å². The molecule has 2 aromatic rings. The second kappa shape index (κ2) is 5.54. The first-order chi connectivity index (χ1) is 9.78. The van der Waals surface area contributed by atoms with Crippen molar-refractivity contribution in [2.75, 3.05) is 13.2 Å². The maximum absolute atomic E-state index is 5.98. The van der Waals surface area contributed by atoms with Crippen LogP contribution in [0, 0.1) is 0 Å². The number of benzene rings is 1. The standard InChI is InChI=1S/C15H19N3O2/c1-2-11(16)15-17-9-12(18-15)10-4-5-13-14(8-10)20-7-3-6-19-13/h4-5,8-9,11H,2-3,6-7,16H2,1H3,(H,17,18). The Labute approximate surface area is 118 Å².